The normalized spacial score (nSPS) is 20.1. The predicted molar refractivity (Wildman–Crippen MR) is 120 cm³/mol. The van der Waals surface area contributed by atoms with Crippen molar-refractivity contribution in [2.24, 2.45) is 5.92 Å². The van der Waals surface area contributed by atoms with Crippen LogP contribution in [0.1, 0.15) is 23.5 Å². The average molecular weight is 417 g/mol. The number of carbonyl (C=O) groups is 1. The first-order valence-corrected chi connectivity index (χ1v) is 11.5. The molecule has 3 nitrogen and oxygen atoms in total. The first-order valence-electron chi connectivity index (χ1n) is 9.94. The van der Waals surface area contributed by atoms with E-state index in [1.165, 1.54) is 11.1 Å². The Balaban J connectivity index is 1.43. The number of hydrogen-bond donors (Lipinski definition) is 1. The Morgan fingerprint density at radius 1 is 1.18 bits per heavy atom. The van der Waals surface area contributed by atoms with E-state index in [1.54, 1.807) is 11.8 Å². The highest BCUT2D eigenvalue weighted by Crippen LogP contribution is 2.35. The van der Waals surface area contributed by atoms with Crippen LogP contribution in [0.4, 0.5) is 0 Å². The number of carbonyl (C=O) groups excluding carboxylic acids is 1. The van der Waals surface area contributed by atoms with Crippen molar-refractivity contribution in [3.8, 4) is 0 Å². The number of likely N-dealkylation sites (tertiary alicyclic amines) is 1. The third kappa shape index (κ3) is 6.54. The Kier molecular flexibility index (Phi) is 8.26. The van der Waals surface area contributed by atoms with Crippen LogP contribution in [0.2, 0.25) is 5.02 Å². The first kappa shape index (κ1) is 21.2. The summed E-state index contributed by atoms with van der Waals surface area (Å²) in [6, 6.07) is 18.6. The average Bonchev–Trinajstić information content (AvgIpc) is 2.70. The van der Waals surface area contributed by atoms with Crippen LogP contribution in [-0.2, 0) is 11.2 Å². The van der Waals surface area contributed by atoms with Crippen LogP contribution < -0.4 is 5.32 Å². The molecule has 0 saturated carbocycles. The highest BCUT2D eigenvalue weighted by atomic mass is 35.5. The van der Waals surface area contributed by atoms with Gasteiger partial charge in [-0.1, -0.05) is 54.1 Å². The number of nitrogens with zero attached hydrogens (tertiary/aromatic N) is 1. The SMILES string of the molecule is CN1CC[C@@H](c2ccc(Cl)cc2)[C@H](CSCC(=O)NCCc2ccccc2)C1. The molecular formula is C23H29ClN2OS. The molecule has 1 N–H and O–H groups in total. The van der Waals surface area contributed by atoms with E-state index in [2.05, 4.69) is 41.5 Å². The predicted octanol–water partition coefficient (Wildman–Crippen LogP) is 4.47. The molecule has 3 rings (SSSR count). The number of piperidine rings is 1. The fourth-order valence-corrected chi connectivity index (χ4v) is 5.05. The molecule has 1 saturated heterocycles. The molecule has 1 fully saturated rings. The zero-order valence-corrected chi connectivity index (χ0v) is 18.0. The quantitative estimate of drug-likeness (QED) is 0.689. The molecular weight excluding hydrogens is 388 g/mol. The molecule has 2 aromatic carbocycles. The molecule has 1 aliphatic rings. The Morgan fingerprint density at radius 3 is 2.68 bits per heavy atom. The molecule has 1 heterocycles. The van der Waals surface area contributed by atoms with E-state index in [9.17, 15) is 4.79 Å². The van der Waals surface area contributed by atoms with Crippen LogP contribution in [0.3, 0.4) is 0 Å². The summed E-state index contributed by atoms with van der Waals surface area (Å²) in [6.45, 7) is 2.90. The fraction of sp³-hybridized carbons (Fsp3) is 0.435. The minimum absolute atomic E-state index is 0.133. The molecule has 28 heavy (non-hydrogen) atoms. The van der Waals surface area contributed by atoms with Gasteiger partial charge in [0.15, 0.2) is 0 Å². The van der Waals surface area contributed by atoms with Crippen LogP contribution in [0.15, 0.2) is 54.6 Å². The largest absolute Gasteiger partial charge is 0.355 e. The molecule has 1 aliphatic heterocycles. The van der Waals surface area contributed by atoms with Crippen LogP contribution in [-0.4, -0.2) is 49.0 Å². The summed E-state index contributed by atoms with van der Waals surface area (Å²) in [6.07, 6.45) is 2.04. The second-order valence-electron chi connectivity index (χ2n) is 7.57. The fourth-order valence-electron chi connectivity index (χ4n) is 3.88. The zero-order chi connectivity index (χ0) is 19.8. The number of rotatable bonds is 8. The lowest BCUT2D eigenvalue weighted by atomic mass is 9.81. The van der Waals surface area contributed by atoms with E-state index in [0.717, 1.165) is 36.7 Å². The van der Waals surface area contributed by atoms with E-state index < -0.39 is 0 Å². The maximum Gasteiger partial charge on any atom is 0.230 e. The molecule has 0 spiro atoms. The maximum absolute atomic E-state index is 12.2. The van der Waals surface area contributed by atoms with Gasteiger partial charge in [-0.2, -0.15) is 11.8 Å². The van der Waals surface area contributed by atoms with Crippen LogP contribution in [0.25, 0.3) is 0 Å². The Morgan fingerprint density at radius 2 is 1.93 bits per heavy atom. The van der Waals surface area contributed by atoms with E-state index in [4.69, 9.17) is 11.6 Å². The van der Waals surface area contributed by atoms with Crippen molar-refractivity contribution in [1.82, 2.24) is 10.2 Å². The molecule has 1 amide bonds. The topological polar surface area (TPSA) is 32.3 Å². The molecule has 0 aromatic heterocycles. The van der Waals surface area contributed by atoms with Gasteiger partial charge >= 0.3 is 0 Å². The van der Waals surface area contributed by atoms with Crippen molar-refractivity contribution in [2.45, 2.75) is 18.8 Å². The van der Waals surface area contributed by atoms with Crippen molar-refractivity contribution in [1.29, 1.82) is 0 Å². The van der Waals surface area contributed by atoms with Gasteiger partial charge in [-0.05, 0) is 67.3 Å². The number of amides is 1. The lowest BCUT2D eigenvalue weighted by molar-refractivity contribution is -0.118. The smallest absolute Gasteiger partial charge is 0.230 e. The van der Waals surface area contributed by atoms with Crippen molar-refractivity contribution in [2.75, 3.05) is 38.2 Å². The van der Waals surface area contributed by atoms with Crippen molar-refractivity contribution in [3.05, 3.63) is 70.7 Å². The molecule has 0 unspecified atom stereocenters. The van der Waals surface area contributed by atoms with Gasteiger partial charge in [-0.3, -0.25) is 4.79 Å². The maximum atomic E-state index is 12.2. The van der Waals surface area contributed by atoms with Gasteiger partial charge in [-0.25, -0.2) is 0 Å². The molecule has 0 aliphatic carbocycles. The summed E-state index contributed by atoms with van der Waals surface area (Å²) in [5, 5.41) is 3.83. The Bertz CT molecular complexity index is 738. The summed E-state index contributed by atoms with van der Waals surface area (Å²) < 4.78 is 0. The third-order valence-electron chi connectivity index (χ3n) is 5.38. The van der Waals surface area contributed by atoms with Crippen molar-refractivity contribution >= 4 is 29.3 Å². The minimum atomic E-state index is 0.133. The molecule has 0 radical (unpaired) electrons. The summed E-state index contributed by atoms with van der Waals surface area (Å²) in [7, 11) is 2.19. The summed E-state index contributed by atoms with van der Waals surface area (Å²) >= 11 is 7.81. The molecule has 2 atom stereocenters. The van der Waals surface area contributed by atoms with Gasteiger partial charge < -0.3 is 10.2 Å². The Hall–Kier alpha value is -1.49. The number of halogens is 1. The number of nitrogens with one attached hydrogen (secondary N) is 1. The van der Waals surface area contributed by atoms with Crippen LogP contribution >= 0.6 is 23.4 Å². The second kappa shape index (κ2) is 10.9. The number of benzene rings is 2. The van der Waals surface area contributed by atoms with Gasteiger partial charge in [0.1, 0.15) is 0 Å². The molecule has 5 heteroatoms. The summed E-state index contributed by atoms with van der Waals surface area (Å²) in [5.74, 6) is 2.77. The highest BCUT2D eigenvalue weighted by molar-refractivity contribution is 7.99. The van der Waals surface area contributed by atoms with E-state index in [1.807, 2.05) is 30.3 Å². The number of hydrogen-bond acceptors (Lipinski definition) is 3. The lowest BCUT2D eigenvalue weighted by Crippen LogP contribution is -2.38. The van der Waals surface area contributed by atoms with Gasteiger partial charge in [0, 0.05) is 18.1 Å². The molecule has 0 bridgehead atoms. The van der Waals surface area contributed by atoms with E-state index >= 15 is 0 Å². The second-order valence-corrected chi connectivity index (χ2v) is 9.04. The minimum Gasteiger partial charge on any atom is -0.355 e. The van der Waals surface area contributed by atoms with Gasteiger partial charge in [0.2, 0.25) is 5.91 Å². The van der Waals surface area contributed by atoms with Crippen LogP contribution in [0.5, 0.6) is 0 Å². The monoisotopic (exact) mass is 416 g/mol. The first-order chi connectivity index (χ1) is 13.6. The standard InChI is InChI=1S/C23H29ClN2OS/c1-26-14-12-22(19-7-9-21(24)10-8-19)20(15-26)16-28-17-23(27)25-13-11-18-5-3-2-4-6-18/h2-10,20,22H,11-17H2,1H3,(H,25,27)/t20-,22-/m0/s1. The highest BCUT2D eigenvalue weighted by Gasteiger charge is 2.28. The summed E-state index contributed by atoms with van der Waals surface area (Å²) in [5.41, 5.74) is 2.63. The van der Waals surface area contributed by atoms with Gasteiger partial charge in [0.25, 0.3) is 0 Å². The van der Waals surface area contributed by atoms with Gasteiger partial charge in [-0.15, -0.1) is 0 Å². The number of thioether (sulfide) groups is 1. The van der Waals surface area contributed by atoms with Crippen molar-refractivity contribution in [3.63, 3.8) is 0 Å². The molecule has 150 valence electrons. The third-order valence-corrected chi connectivity index (χ3v) is 6.76. The lowest BCUT2D eigenvalue weighted by Gasteiger charge is -2.37. The van der Waals surface area contributed by atoms with Gasteiger partial charge in [0.05, 0.1) is 5.75 Å². The van der Waals surface area contributed by atoms with E-state index in [0.29, 0.717) is 24.1 Å². The van der Waals surface area contributed by atoms with Crippen LogP contribution in [0, 0.1) is 5.92 Å². The van der Waals surface area contributed by atoms with E-state index in [-0.39, 0.29) is 5.91 Å². The Labute approximate surface area is 177 Å². The zero-order valence-electron chi connectivity index (χ0n) is 16.4. The van der Waals surface area contributed by atoms with Crippen molar-refractivity contribution < 1.29 is 4.79 Å². The summed E-state index contributed by atoms with van der Waals surface area (Å²) in [4.78, 5) is 14.6. The molecule has 2 aromatic rings.